The molecule has 10 nitrogen and oxygen atoms in total. The van der Waals surface area contributed by atoms with Gasteiger partial charge in [-0.3, -0.25) is 9.80 Å². The van der Waals surface area contributed by atoms with Gasteiger partial charge in [0.25, 0.3) is 0 Å². The Bertz CT molecular complexity index is 1160. The van der Waals surface area contributed by atoms with Crippen molar-refractivity contribution in [2.45, 2.75) is 32.9 Å². The van der Waals surface area contributed by atoms with Crippen molar-refractivity contribution in [2.75, 3.05) is 69.7 Å². The third-order valence-electron chi connectivity index (χ3n) is 6.53. The number of nitrogen functional groups attached to an aromatic ring is 1. The summed E-state index contributed by atoms with van der Waals surface area (Å²) in [5.74, 6) is 1.81. The number of ether oxygens (including phenoxy) is 1. The third kappa shape index (κ3) is 5.54. The maximum atomic E-state index is 10.1. The van der Waals surface area contributed by atoms with E-state index in [4.69, 9.17) is 20.4 Å². The van der Waals surface area contributed by atoms with Crippen molar-refractivity contribution in [3.05, 3.63) is 22.8 Å². The fourth-order valence-corrected chi connectivity index (χ4v) is 6.00. The number of nitrogens with zero attached hydrogens (tertiary/aromatic N) is 7. The van der Waals surface area contributed by atoms with Crippen LogP contribution in [-0.4, -0.2) is 99.5 Å². The first-order valence-corrected chi connectivity index (χ1v) is 13.0. The minimum absolute atomic E-state index is 0.236. The molecule has 3 aromatic rings. The van der Waals surface area contributed by atoms with Gasteiger partial charge in [0.05, 0.1) is 34.6 Å². The van der Waals surface area contributed by atoms with Crippen LogP contribution >= 0.6 is 11.3 Å². The van der Waals surface area contributed by atoms with Gasteiger partial charge in [-0.1, -0.05) is 0 Å². The van der Waals surface area contributed by atoms with Gasteiger partial charge in [-0.05, 0) is 26.3 Å². The molecule has 2 aliphatic heterocycles. The van der Waals surface area contributed by atoms with E-state index in [0.717, 1.165) is 67.4 Å². The zero-order chi connectivity index (χ0) is 24.6. The van der Waals surface area contributed by atoms with Crippen molar-refractivity contribution in [1.29, 1.82) is 0 Å². The second kappa shape index (κ2) is 9.90. The summed E-state index contributed by atoms with van der Waals surface area (Å²) in [6.45, 7) is 14.4. The Hall–Kier alpha value is -2.44. The van der Waals surface area contributed by atoms with Gasteiger partial charge in [0.15, 0.2) is 11.6 Å². The van der Waals surface area contributed by atoms with E-state index in [1.54, 1.807) is 23.7 Å². The van der Waals surface area contributed by atoms with Crippen LogP contribution in [0.15, 0.2) is 12.4 Å². The lowest BCUT2D eigenvalue weighted by Crippen LogP contribution is -2.50. The first-order valence-electron chi connectivity index (χ1n) is 12.1. The largest absolute Gasteiger partial charge is 0.389 e. The number of hydrogen-bond acceptors (Lipinski definition) is 11. The highest BCUT2D eigenvalue weighted by molar-refractivity contribution is 7.19. The number of fused-ring (bicyclic) bond motifs is 1. The number of morpholine rings is 1. The van der Waals surface area contributed by atoms with Gasteiger partial charge in [0.1, 0.15) is 0 Å². The topological polar surface area (TPSA) is 117 Å². The molecule has 0 aliphatic carbocycles. The average Bonchev–Trinajstić information content (AvgIpc) is 3.15. The molecule has 3 N–H and O–H groups in total. The predicted octanol–water partition coefficient (Wildman–Crippen LogP) is 1.76. The summed E-state index contributed by atoms with van der Waals surface area (Å²) < 4.78 is 6.71. The molecule has 35 heavy (non-hydrogen) atoms. The lowest BCUT2D eigenvalue weighted by atomic mass is 10.1. The summed E-state index contributed by atoms with van der Waals surface area (Å²) in [6.07, 6.45) is 3.37. The molecule has 0 unspecified atom stereocenters. The Labute approximate surface area is 209 Å². The number of aryl methyl sites for hydroxylation is 1. The summed E-state index contributed by atoms with van der Waals surface area (Å²) in [7, 11) is 0. The summed E-state index contributed by atoms with van der Waals surface area (Å²) in [5, 5.41) is 10.1. The Kier molecular flexibility index (Phi) is 6.86. The number of aromatic nitrogens is 4. The monoisotopic (exact) mass is 498 g/mol. The third-order valence-corrected chi connectivity index (χ3v) is 7.79. The molecule has 3 aromatic heterocycles. The van der Waals surface area contributed by atoms with Gasteiger partial charge in [0.2, 0.25) is 5.95 Å². The van der Waals surface area contributed by atoms with Gasteiger partial charge in [-0.2, -0.15) is 0 Å². The number of anilines is 2. The lowest BCUT2D eigenvalue weighted by Gasteiger charge is -2.37. The normalized spacial score (nSPS) is 18.5. The fraction of sp³-hybridized carbons (Fsp3) is 0.583. The number of β-amino-alcohol motifs (C(OH)–C–C–N with tert-alkyl or cyclic N) is 1. The minimum Gasteiger partial charge on any atom is -0.389 e. The van der Waals surface area contributed by atoms with Crippen LogP contribution in [0.5, 0.6) is 0 Å². The number of rotatable bonds is 6. The second-order valence-electron chi connectivity index (χ2n) is 9.99. The molecule has 2 fully saturated rings. The van der Waals surface area contributed by atoms with Crippen LogP contribution in [0.4, 0.5) is 11.8 Å². The zero-order valence-corrected chi connectivity index (χ0v) is 21.5. The number of hydrogen-bond donors (Lipinski definition) is 2. The summed E-state index contributed by atoms with van der Waals surface area (Å²) >= 11 is 1.80. The van der Waals surface area contributed by atoms with Crippen LogP contribution in [0.1, 0.15) is 24.3 Å². The van der Waals surface area contributed by atoms with Gasteiger partial charge in [-0.25, -0.2) is 19.9 Å². The molecule has 188 valence electrons. The van der Waals surface area contributed by atoms with E-state index in [1.807, 2.05) is 13.8 Å². The Morgan fingerprint density at radius 1 is 1.03 bits per heavy atom. The Balaban J connectivity index is 1.44. The fourth-order valence-electron chi connectivity index (χ4n) is 4.70. The predicted molar refractivity (Wildman–Crippen MR) is 139 cm³/mol. The second-order valence-corrected chi connectivity index (χ2v) is 11.1. The molecule has 2 saturated heterocycles. The summed E-state index contributed by atoms with van der Waals surface area (Å²) in [6, 6.07) is 0. The van der Waals surface area contributed by atoms with E-state index in [0.29, 0.717) is 25.6 Å². The van der Waals surface area contributed by atoms with E-state index in [1.165, 1.54) is 10.4 Å². The molecular weight excluding hydrogens is 464 g/mol. The van der Waals surface area contributed by atoms with Crippen molar-refractivity contribution >= 4 is 33.3 Å². The molecule has 0 atom stereocenters. The SMILES string of the molecule is Cc1c(CN2CCN(CC(C)(C)O)CC2)sc2c(N3CCOCC3)nc(-c3cnc(N)nc3)nc12. The molecule has 11 heteroatoms. The van der Waals surface area contributed by atoms with E-state index in [-0.39, 0.29) is 5.95 Å². The quantitative estimate of drug-likeness (QED) is 0.521. The van der Waals surface area contributed by atoms with Crippen molar-refractivity contribution in [3.63, 3.8) is 0 Å². The van der Waals surface area contributed by atoms with Gasteiger partial charge < -0.3 is 20.5 Å². The summed E-state index contributed by atoms with van der Waals surface area (Å²) in [5.41, 5.74) is 7.99. The van der Waals surface area contributed by atoms with Crippen LogP contribution in [0, 0.1) is 6.92 Å². The van der Waals surface area contributed by atoms with Crippen molar-refractivity contribution in [1.82, 2.24) is 29.7 Å². The zero-order valence-electron chi connectivity index (χ0n) is 20.7. The molecule has 0 bridgehead atoms. The number of nitrogens with two attached hydrogens (primary N) is 1. The Morgan fingerprint density at radius 3 is 2.34 bits per heavy atom. The minimum atomic E-state index is -0.661. The highest BCUT2D eigenvalue weighted by Gasteiger charge is 2.26. The standard InChI is InChI=1S/C24H34N8O2S/c1-16-18(14-30-4-6-31(7-5-30)15-24(2,3)33)35-20-19(16)28-21(17-12-26-23(25)27-13-17)29-22(20)32-8-10-34-11-9-32/h12-13,33H,4-11,14-15H2,1-3H3,(H2,25,26,27). The highest BCUT2D eigenvalue weighted by atomic mass is 32.1. The van der Waals surface area contributed by atoms with Crippen LogP contribution < -0.4 is 10.6 Å². The average molecular weight is 499 g/mol. The Morgan fingerprint density at radius 2 is 1.69 bits per heavy atom. The molecule has 0 amide bonds. The van der Waals surface area contributed by atoms with Crippen molar-refractivity contribution in [3.8, 4) is 11.4 Å². The number of aliphatic hydroxyl groups is 1. The van der Waals surface area contributed by atoms with Crippen LogP contribution in [0.2, 0.25) is 0 Å². The van der Waals surface area contributed by atoms with Crippen LogP contribution in [0.25, 0.3) is 21.6 Å². The molecule has 5 heterocycles. The molecule has 0 radical (unpaired) electrons. The molecule has 0 aromatic carbocycles. The van der Waals surface area contributed by atoms with Crippen molar-refractivity contribution < 1.29 is 9.84 Å². The van der Waals surface area contributed by atoms with E-state index < -0.39 is 5.60 Å². The lowest BCUT2D eigenvalue weighted by molar-refractivity contribution is 0.0168. The highest BCUT2D eigenvalue weighted by Crippen LogP contribution is 2.38. The van der Waals surface area contributed by atoms with Gasteiger partial charge in [-0.15, -0.1) is 11.3 Å². The first-order chi connectivity index (χ1) is 16.8. The smallest absolute Gasteiger partial charge is 0.219 e. The molecule has 2 aliphatic rings. The maximum absolute atomic E-state index is 10.1. The maximum Gasteiger partial charge on any atom is 0.219 e. The number of thiophene rings is 1. The van der Waals surface area contributed by atoms with E-state index >= 15 is 0 Å². The van der Waals surface area contributed by atoms with E-state index in [9.17, 15) is 5.11 Å². The molecule has 0 saturated carbocycles. The molecule has 5 rings (SSSR count). The molecule has 0 spiro atoms. The van der Waals surface area contributed by atoms with E-state index in [2.05, 4.69) is 31.6 Å². The number of piperazine rings is 1. The van der Waals surface area contributed by atoms with Crippen LogP contribution in [0.3, 0.4) is 0 Å². The van der Waals surface area contributed by atoms with Gasteiger partial charge >= 0.3 is 0 Å². The van der Waals surface area contributed by atoms with Gasteiger partial charge in [0, 0.05) is 69.6 Å². The first kappa shape index (κ1) is 24.3. The van der Waals surface area contributed by atoms with Crippen molar-refractivity contribution in [2.24, 2.45) is 0 Å². The summed E-state index contributed by atoms with van der Waals surface area (Å²) in [4.78, 5) is 26.7. The van der Waals surface area contributed by atoms with Crippen LogP contribution in [-0.2, 0) is 11.3 Å². The molecular formula is C24H34N8O2S.